The smallest absolute Gasteiger partial charge is 0.184 e. The van der Waals surface area contributed by atoms with Crippen LogP contribution >= 0.6 is 0 Å². The van der Waals surface area contributed by atoms with Crippen LogP contribution in [0.25, 0.3) is 0 Å². The van der Waals surface area contributed by atoms with Crippen LogP contribution in [0.2, 0.25) is 0 Å². The summed E-state index contributed by atoms with van der Waals surface area (Å²) in [6, 6.07) is 0.263. The van der Waals surface area contributed by atoms with Crippen molar-refractivity contribution in [1.29, 1.82) is 0 Å². The van der Waals surface area contributed by atoms with Gasteiger partial charge in [-0.3, -0.25) is 4.79 Å². The molecule has 0 aromatic carbocycles. The van der Waals surface area contributed by atoms with Gasteiger partial charge < -0.3 is 15.9 Å². The zero-order chi connectivity index (χ0) is 18.0. The highest BCUT2D eigenvalue weighted by atomic mass is 16.3. The maximum Gasteiger partial charge on any atom is 0.184 e. The van der Waals surface area contributed by atoms with Crippen LogP contribution in [-0.2, 0) is 4.79 Å². The highest BCUT2D eigenvalue weighted by Crippen LogP contribution is 2.63. The summed E-state index contributed by atoms with van der Waals surface area (Å²) >= 11 is 0. The molecule has 25 heavy (non-hydrogen) atoms. The van der Waals surface area contributed by atoms with Crippen molar-refractivity contribution in [3.05, 3.63) is 35.5 Å². The average molecular weight is 343 g/mol. The molecule has 0 heterocycles. The summed E-state index contributed by atoms with van der Waals surface area (Å²) in [6.45, 7) is 3.96. The summed E-state index contributed by atoms with van der Waals surface area (Å²) in [5.41, 5.74) is 7.82. The second kappa shape index (κ2) is 5.63. The van der Waals surface area contributed by atoms with Gasteiger partial charge in [-0.15, -0.1) is 0 Å². The minimum atomic E-state index is -0.761. The summed E-state index contributed by atoms with van der Waals surface area (Å²) < 4.78 is 0. The fourth-order valence-corrected chi connectivity index (χ4v) is 6.41. The Morgan fingerprint density at radius 3 is 2.72 bits per heavy atom. The first kappa shape index (κ1) is 17.2. The molecule has 2 saturated carbocycles. The maximum atomic E-state index is 12.5. The Bertz CT molecular complexity index is 693. The molecule has 4 rings (SSSR count). The number of Topliss-reactive ketones (excluding diaryl/α,β-unsaturated/α-hetero) is 1. The van der Waals surface area contributed by atoms with Crippen LogP contribution in [0.15, 0.2) is 35.5 Å². The number of hydrogen-bond acceptors (Lipinski definition) is 4. The Balaban J connectivity index is 1.80. The summed E-state index contributed by atoms with van der Waals surface area (Å²) in [6.07, 6.45) is 11.5. The minimum absolute atomic E-state index is 0.183. The number of ketones is 1. The Labute approximate surface area is 149 Å². The van der Waals surface area contributed by atoms with Crippen molar-refractivity contribution in [1.82, 2.24) is 0 Å². The number of hydrogen-bond donors (Lipinski definition) is 3. The van der Waals surface area contributed by atoms with Gasteiger partial charge >= 0.3 is 0 Å². The van der Waals surface area contributed by atoms with E-state index >= 15 is 0 Å². The molecule has 4 nitrogen and oxygen atoms in total. The first-order valence-electron chi connectivity index (χ1n) is 9.53. The molecule has 0 spiro atoms. The molecule has 4 aliphatic carbocycles. The number of nitrogens with two attached hydrogens (primary N) is 1. The van der Waals surface area contributed by atoms with Gasteiger partial charge in [0, 0.05) is 17.0 Å². The lowest BCUT2D eigenvalue weighted by Crippen LogP contribution is -2.52. The number of aliphatic hydroxyl groups is 2. The molecule has 0 aromatic heterocycles. The molecule has 0 aromatic rings. The molecule has 0 aliphatic heterocycles. The van der Waals surface area contributed by atoms with Crippen LogP contribution in [0.5, 0.6) is 0 Å². The van der Waals surface area contributed by atoms with Gasteiger partial charge in [-0.1, -0.05) is 26.0 Å². The molecule has 136 valence electrons. The Hall–Kier alpha value is -1.23. The Morgan fingerprint density at radius 2 is 2.00 bits per heavy atom. The molecular weight excluding hydrogens is 314 g/mol. The van der Waals surface area contributed by atoms with Gasteiger partial charge in [0.05, 0.1) is 6.10 Å². The largest absolute Gasteiger partial charge is 0.388 e. The molecule has 4 N–H and O–H groups in total. The van der Waals surface area contributed by atoms with Gasteiger partial charge in [0.1, 0.15) is 6.61 Å². The van der Waals surface area contributed by atoms with Crippen molar-refractivity contribution in [3.8, 4) is 0 Å². The normalized spacial score (nSPS) is 48.1. The number of aliphatic hydroxyl groups excluding tert-OH is 2. The molecule has 4 heteroatoms. The van der Waals surface area contributed by atoms with E-state index in [0.29, 0.717) is 23.3 Å². The summed E-state index contributed by atoms with van der Waals surface area (Å²) in [7, 11) is 0. The molecule has 2 unspecified atom stereocenters. The molecule has 0 saturated heterocycles. The highest BCUT2D eigenvalue weighted by molar-refractivity contribution is 5.99. The van der Waals surface area contributed by atoms with Crippen molar-refractivity contribution in [2.45, 2.75) is 51.7 Å². The van der Waals surface area contributed by atoms with Gasteiger partial charge in [-0.25, -0.2) is 0 Å². The third kappa shape index (κ3) is 2.20. The van der Waals surface area contributed by atoms with Crippen molar-refractivity contribution in [2.24, 2.45) is 34.3 Å². The van der Waals surface area contributed by atoms with Gasteiger partial charge in [0.2, 0.25) is 0 Å². The predicted molar refractivity (Wildman–Crippen MR) is 96.5 cm³/mol. The number of allylic oxidation sites excluding steroid dienone is 3. The molecule has 2 fully saturated rings. The number of carbonyl (C=O) groups excluding carboxylic acids is 1. The van der Waals surface area contributed by atoms with Crippen LogP contribution in [0.1, 0.15) is 39.5 Å². The molecular formula is C21H29NO3. The van der Waals surface area contributed by atoms with E-state index in [4.69, 9.17) is 5.73 Å². The lowest BCUT2D eigenvalue weighted by atomic mass is 9.48. The van der Waals surface area contributed by atoms with E-state index in [1.807, 2.05) is 6.08 Å². The fraction of sp³-hybridized carbons (Fsp3) is 0.667. The number of fused-ring (bicyclic) bond motifs is 5. The minimum Gasteiger partial charge on any atom is -0.388 e. The van der Waals surface area contributed by atoms with E-state index in [2.05, 4.69) is 26.0 Å². The van der Waals surface area contributed by atoms with Crippen molar-refractivity contribution < 1.29 is 15.0 Å². The zero-order valence-corrected chi connectivity index (χ0v) is 15.1. The van der Waals surface area contributed by atoms with E-state index in [0.717, 1.165) is 31.3 Å². The van der Waals surface area contributed by atoms with Gasteiger partial charge in [-0.2, -0.15) is 0 Å². The van der Waals surface area contributed by atoms with E-state index in [1.54, 1.807) is 6.08 Å². The second-order valence-electron chi connectivity index (χ2n) is 8.85. The van der Waals surface area contributed by atoms with Crippen LogP contribution < -0.4 is 5.73 Å². The maximum absolute atomic E-state index is 12.5. The predicted octanol–water partition coefficient (Wildman–Crippen LogP) is 2.12. The topological polar surface area (TPSA) is 83.5 Å². The van der Waals surface area contributed by atoms with Crippen LogP contribution in [-0.4, -0.2) is 34.7 Å². The van der Waals surface area contributed by atoms with E-state index in [9.17, 15) is 15.0 Å². The first-order chi connectivity index (χ1) is 11.8. The molecule has 0 amide bonds. The first-order valence-corrected chi connectivity index (χ1v) is 9.53. The Kier molecular flexibility index (Phi) is 3.87. The summed E-state index contributed by atoms with van der Waals surface area (Å²) in [4.78, 5) is 12.5. The van der Waals surface area contributed by atoms with E-state index in [-0.39, 0.29) is 17.2 Å². The van der Waals surface area contributed by atoms with Crippen LogP contribution in [0.3, 0.4) is 0 Å². The van der Waals surface area contributed by atoms with Gasteiger partial charge in [0.15, 0.2) is 5.78 Å². The lowest BCUT2D eigenvalue weighted by Gasteiger charge is -2.56. The average Bonchev–Trinajstić information content (AvgIpc) is 2.89. The third-order valence-corrected chi connectivity index (χ3v) is 7.94. The van der Waals surface area contributed by atoms with Crippen LogP contribution in [0.4, 0.5) is 0 Å². The van der Waals surface area contributed by atoms with Crippen molar-refractivity contribution in [3.63, 3.8) is 0 Å². The number of carbonyl (C=O) groups is 1. The molecule has 7 atom stereocenters. The van der Waals surface area contributed by atoms with Crippen molar-refractivity contribution >= 4 is 5.78 Å². The Morgan fingerprint density at radius 1 is 1.24 bits per heavy atom. The quantitative estimate of drug-likeness (QED) is 0.717. The zero-order valence-electron chi connectivity index (χ0n) is 15.1. The third-order valence-electron chi connectivity index (χ3n) is 7.94. The van der Waals surface area contributed by atoms with E-state index in [1.165, 1.54) is 0 Å². The monoisotopic (exact) mass is 343 g/mol. The van der Waals surface area contributed by atoms with E-state index < -0.39 is 18.1 Å². The van der Waals surface area contributed by atoms with Crippen LogP contribution in [0, 0.1) is 28.6 Å². The standard InChI is InChI=1S/C21H29NO3/c1-20-8-7-16-14(15(20)5-6-19(20)22)4-3-12-9-13(24)10-17(18(25)11-23)21(12,16)2/h3-4,9-10,13-16,19,23-24H,5-8,11,22H2,1-2H3/t13?,14-,15-,16+,19?,20-,21-/m0/s1. The molecule has 0 bridgehead atoms. The molecule has 0 radical (unpaired) electrons. The van der Waals surface area contributed by atoms with Crippen molar-refractivity contribution in [2.75, 3.05) is 6.61 Å². The summed E-state index contributed by atoms with van der Waals surface area (Å²) in [5, 5.41) is 19.6. The summed E-state index contributed by atoms with van der Waals surface area (Å²) in [5.74, 6) is 1.01. The number of rotatable bonds is 2. The lowest BCUT2D eigenvalue weighted by molar-refractivity contribution is -0.120. The second-order valence-corrected chi connectivity index (χ2v) is 8.85. The highest BCUT2D eigenvalue weighted by Gasteiger charge is 2.58. The fourth-order valence-electron chi connectivity index (χ4n) is 6.41. The van der Waals surface area contributed by atoms with Gasteiger partial charge in [-0.05, 0) is 66.6 Å². The molecule has 4 aliphatic rings. The SMILES string of the molecule is C[C@@]12C(=CC(O)C=C1C(=O)CO)C=C[C@@H]1[C@H]2CC[C@]2(C)C(N)CC[C@@H]12. The van der Waals surface area contributed by atoms with Gasteiger partial charge in [0.25, 0.3) is 0 Å².